The van der Waals surface area contributed by atoms with Crippen LogP contribution in [0.15, 0.2) is 12.1 Å². The van der Waals surface area contributed by atoms with Crippen LogP contribution in [0.5, 0.6) is 11.5 Å². The number of rotatable bonds is 2. The quantitative estimate of drug-likeness (QED) is 0.851. The van der Waals surface area contributed by atoms with Crippen molar-refractivity contribution in [3.63, 3.8) is 0 Å². The van der Waals surface area contributed by atoms with Gasteiger partial charge in [0.15, 0.2) is 11.5 Å². The zero-order valence-corrected chi connectivity index (χ0v) is 10.6. The van der Waals surface area contributed by atoms with E-state index >= 15 is 0 Å². The van der Waals surface area contributed by atoms with Crippen LogP contribution in [-0.2, 0) is 0 Å². The highest BCUT2D eigenvalue weighted by Crippen LogP contribution is 2.34. The lowest BCUT2D eigenvalue weighted by Gasteiger charge is -2.17. The molecule has 5 nitrogen and oxygen atoms in total. The monoisotopic (exact) mass is 247 g/mol. The lowest BCUT2D eigenvalue weighted by molar-refractivity contribution is 0.172. The van der Waals surface area contributed by atoms with Crippen LogP contribution in [0.3, 0.4) is 0 Å². The Bertz CT molecular complexity index is 534. The number of aromatic nitrogens is 2. The summed E-state index contributed by atoms with van der Waals surface area (Å²) in [7, 11) is 0. The predicted molar refractivity (Wildman–Crippen MR) is 68.9 cm³/mol. The smallest absolute Gasteiger partial charge is 0.163 e. The summed E-state index contributed by atoms with van der Waals surface area (Å²) in [5.74, 6) is 2.67. The molecule has 0 saturated carbocycles. The minimum Gasteiger partial charge on any atom is -0.486 e. The van der Waals surface area contributed by atoms with Gasteiger partial charge in [0.1, 0.15) is 19.0 Å². The highest BCUT2D eigenvalue weighted by Gasteiger charge is 2.18. The summed E-state index contributed by atoms with van der Waals surface area (Å²) in [6, 6.07) is 3.74. The van der Waals surface area contributed by atoms with Gasteiger partial charge >= 0.3 is 0 Å². The zero-order valence-electron chi connectivity index (χ0n) is 10.6. The molecule has 0 spiro atoms. The van der Waals surface area contributed by atoms with Crippen LogP contribution in [0.25, 0.3) is 11.0 Å². The molecule has 5 heteroatoms. The van der Waals surface area contributed by atoms with E-state index in [2.05, 4.69) is 23.8 Å². The molecule has 1 aromatic carbocycles. The van der Waals surface area contributed by atoms with Gasteiger partial charge in [0.25, 0.3) is 0 Å². The van der Waals surface area contributed by atoms with E-state index in [4.69, 9.17) is 15.2 Å². The third-order valence-corrected chi connectivity index (χ3v) is 3.20. The van der Waals surface area contributed by atoms with Crippen molar-refractivity contribution in [2.75, 3.05) is 13.2 Å². The molecule has 1 aliphatic heterocycles. The Balaban J connectivity index is 2.06. The standard InChI is InChI=1S/C13H17N3O2/c1-7(2)12(14)13-15-8-5-10-11(6-9(8)16-13)18-4-3-17-10/h5-7,12H,3-4,14H2,1-2H3,(H,15,16). The van der Waals surface area contributed by atoms with Gasteiger partial charge in [-0.3, -0.25) is 0 Å². The summed E-state index contributed by atoms with van der Waals surface area (Å²) in [6.07, 6.45) is 0. The molecule has 0 fully saturated rings. The topological polar surface area (TPSA) is 73.2 Å². The van der Waals surface area contributed by atoms with E-state index in [0.717, 1.165) is 28.4 Å². The van der Waals surface area contributed by atoms with E-state index < -0.39 is 0 Å². The normalized spacial score (nSPS) is 16.2. The van der Waals surface area contributed by atoms with Gasteiger partial charge in [-0.25, -0.2) is 4.98 Å². The Hall–Kier alpha value is -1.75. The number of aromatic amines is 1. The second kappa shape index (κ2) is 4.17. The first-order chi connectivity index (χ1) is 8.65. The fraction of sp³-hybridized carbons (Fsp3) is 0.462. The van der Waals surface area contributed by atoms with Crippen molar-refractivity contribution in [3.05, 3.63) is 18.0 Å². The van der Waals surface area contributed by atoms with Crippen LogP contribution < -0.4 is 15.2 Å². The van der Waals surface area contributed by atoms with Gasteiger partial charge in [0.05, 0.1) is 17.1 Å². The fourth-order valence-electron chi connectivity index (χ4n) is 2.04. The number of H-pyrrole nitrogens is 1. The van der Waals surface area contributed by atoms with Crippen LogP contribution in [0.1, 0.15) is 25.7 Å². The highest BCUT2D eigenvalue weighted by atomic mass is 16.6. The largest absolute Gasteiger partial charge is 0.486 e. The minimum absolute atomic E-state index is 0.0868. The molecule has 3 rings (SSSR count). The number of nitrogens with zero attached hydrogens (tertiary/aromatic N) is 1. The molecule has 2 heterocycles. The first-order valence-corrected chi connectivity index (χ1v) is 6.20. The van der Waals surface area contributed by atoms with Crippen molar-refractivity contribution in [1.82, 2.24) is 9.97 Å². The van der Waals surface area contributed by atoms with Gasteiger partial charge in [0, 0.05) is 12.1 Å². The van der Waals surface area contributed by atoms with Gasteiger partial charge < -0.3 is 20.2 Å². The maximum absolute atomic E-state index is 6.10. The van der Waals surface area contributed by atoms with E-state index in [1.165, 1.54) is 0 Å². The lowest BCUT2D eigenvalue weighted by Crippen LogP contribution is -2.17. The Kier molecular flexibility index (Phi) is 2.63. The third-order valence-electron chi connectivity index (χ3n) is 3.20. The van der Waals surface area contributed by atoms with Gasteiger partial charge in [-0.15, -0.1) is 0 Å². The van der Waals surface area contributed by atoms with Crippen LogP contribution in [0.4, 0.5) is 0 Å². The molecule has 1 aromatic heterocycles. The zero-order chi connectivity index (χ0) is 12.7. The summed E-state index contributed by atoms with van der Waals surface area (Å²) in [5, 5.41) is 0. The maximum Gasteiger partial charge on any atom is 0.163 e. The second-order valence-electron chi connectivity index (χ2n) is 4.90. The molecule has 2 aromatic rings. The fourth-order valence-corrected chi connectivity index (χ4v) is 2.04. The summed E-state index contributed by atoms with van der Waals surface area (Å²) >= 11 is 0. The van der Waals surface area contributed by atoms with E-state index in [1.807, 2.05) is 12.1 Å². The predicted octanol–water partition coefficient (Wildman–Crippen LogP) is 1.99. The molecular formula is C13H17N3O2. The average Bonchev–Trinajstić information content (AvgIpc) is 2.77. The van der Waals surface area contributed by atoms with Crippen molar-refractivity contribution in [2.45, 2.75) is 19.9 Å². The third kappa shape index (κ3) is 1.80. The highest BCUT2D eigenvalue weighted by molar-refractivity contribution is 5.80. The number of nitrogens with one attached hydrogen (secondary N) is 1. The average molecular weight is 247 g/mol. The van der Waals surface area contributed by atoms with Crippen molar-refractivity contribution in [2.24, 2.45) is 11.7 Å². The first-order valence-electron chi connectivity index (χ1n) is 6.20. The summed E-state index contributed by atoms with van der Waals surface area (Å²) < 4.78 is 11.1. The molecule has 0 aliphatic carbocycles. The minimum atomic E-state index is -0.0868. The molecule has 0 saturated heterocycles. The van der Waals surface area contributed by atoms with Crippen molar-refractivity contribution < 1.29 is 9.47 Å². The van der Waals surface area contributed by atoms with Crippen LogP contribution in [-0.4, -0.2) is 23.2 Å². The summed E-state index contributed by atoms with van der Waals surface area (Å²) in [6.45, 7) is 5.33. The van der Waals surface area contributed by atoms with E-state index in [9.17, 15) is 0 Å². The molecule has 1 atom stereocenters. The van der Waals surface area contributed by atoms with Gasteiger partial charge in [-0.05, 0) is 5.92 Å². The number of hydrogen-bond acceptors (Lipinski definition) is 4. The molecule has 1 unspecified atom stereocenters. The van der Waals surface area contributed by atoms with Crippen molar-refractivity contribution in [1.29, 1.82) is 0 Å². The number of ether oxygens (including phenoxy) is 2. The first kappa shape index (κ1) is 11.3. The second-order valence-corrected chi connectivity index (χ2v) is 4.90. The Labute approximate surface area is 105 Å². The Morgan fingerprint density at radius 3 is 2.56 bits per heavy atom. The molecule has 1 aliphatic rings. The summed E-state index contributed by atoms with van der Waals surface area (Å²) in [5.41, 5.74) is 7.90. The number of nitrogens with two attached hydrogens (primary N) is 1. The van der Waals surface area contributed by atoms with Crippen molar-refractivity contribution in [3.8, 4) is 11.5 Å². The SMILES string of the molecule is CC(C)C(N)c1nc2cc3c(cc2[nH]1)OCCO3. The van der Waals surface area contributed by atoms with Crippen LogP contribution >= 0.6 is 0 Å². The summed E-state index contributed by atoms with van der Waals surface area (Å²) in [4.78, 5) is 7.78. The van der Waals surface area contributed by atoms with Crippen LogP contribution in [0, 0.1) is 5.92 Å². The molecule has 96 valence electrons. The van der Waals surface area contributed by atoms with Gasteiger partial charge in [-0.2, -0.15) is 0 Å². The van der Waals surface area contributed by atoms with Crippen LogP contribution in [0.2, 0.25) is 0 Å². The van der Waals surface area contributed by atoms with E-state index in [1.54, 1.807) is 0 Å². The Morgan fingerprint density at radius 2 is 1.89 bits per heavy atom. The molecule has 0 bridgehead atoms. The Morgan fingerprint density at radius 1 is 1.22 bits per heavy atom. The van der Waals surface area contributed by atoms with E-state index in [0.29, 0.717) is 19.1 Å². The van der Waals surface area contributed by atoms with Gasteiger partial charge in [0.2, 0.25) is 0 Å². The lowest BCUT2D eigenvalue weighted by atomic mass is 10.1. The molecular weight excluding hydrogens is 230 g/mol. The molecule has 18 heavy (non-hydrogen) atoms. The van der Waals surface area contributed by atoms with Crippen molar-refractivity contribution >= 4 is 11.0 Å². The number of hydrogen-bond donors (Lipinski definition) is 2. The number of imidazole rings is 1. The number of benzene rings is 1. The maximum atomic E-state index is 6.10. The molecule has 3 N–H and O–H groups in total. The number of fused-ring (bicyclic) bond motifs is 2. The molecule has 0 radical (unpaired) electrons. The molecule has 0 amide bonds. The van der Waals surface area contributed by atoms with Gasteiger partial charge in [-0.1, -0.05) is 13.8 Å². The van der Waals surface area contributed by atoms with E-state index in [-0.39, 0.29) is 6.04 Å².